The molecule has 0 atom stereocenters. The highest BCUT2D eigenvalue weighted by atomic mass is 16.5. The van der Waals surface area contributed by atoms with Gasteiger partial charge in [0, 0.05) is 12.3 Å². The number of benzene rings is 1. The molecule has 0 saturated heterocycles. The molecule has 0 fully saturated rings. The van der Waals surface area contributed by atoms with Crippen molar-refractivity contribution in [2.45, 2.75) is 0 Å². The number of nitrogens with zero attached hydrogens (tertiary/aromatic N) is 2. The lowest BCUT2D eigenvalue weighted by Gasteiger charge is -2.13. The van der Waals surface area contributed by atoms with Crippen LogP contribution in [0.15, 0.2) is 36.5 Å². The van der Waals surface area contributed by atoms with Crippen LogP contribution in [-0.2, 0) is 0 Å². The minimum absolute atomic E-state index is 0.284. The second-order valence-electron chi connectivity index (χ2n) is 3.58. The van der Waals surface area contributed by atoms with Gasteiger partial charge in [0.2, 0.25) is 5.75 Å². The Labute approximate surface area is 111 Å². The molecule has 0 radical (unpaired) electrons. The lowest BCUT2D eigenvalue weighted by Crippen LogP contribution is -1.95. The van der Waals surface area contributed by atoms with E-state index >= 15 is 0 Å². The van der Waals surface area contributed by atoms with Crippen LogP contribution in [0.4, 0.5) is 0 Å². The highest BCUT2D eigenvalue weighted by molar-refractivity contribution is 5.53. The summed E-state index contributed by atoms with van der Waals surface area (Å²) < 4.78 is 16.2. The Morgan fingerprint density at radius 3 is 2.37 bits per heavy atom. The fraction of sp³-hybridized carbons (Fsp3) is 0.143. The molecule has 0 aliphatic rings. The van der Waals surface area contributed by atoms with Crippen molar-refractivity contribution < 1.29 is 14.2 Å². The van der Waals surface area contributed by atoms with Gasteiger partial charge in [-0.25, -0.2) is 4.98 Å². The van der Waals surface area contributed by atoms with E-state index in [1.165, 1.54) is 6.20 Å². The Hall–Kier alpha value is -2.74. The number of rotatable bonds is 4. The number of ether oxygens (including phenoxy) is 3. The fourth-order valence-electron chi connectivity index (χ4n) is 1.57. The quantitative estimate of drug-likeness (QED) is 0.841. The van der Waals surface area contributed by atoms with Gasteiger partial charge in [0.05, 0.1) is 14.2 Å². The summed E-state index contributed by atoms with van der Waals surface area (Å²) in [5, 5.41) is 8.81. The van der Waals surface area contributed by atoms with E-state index in [2.05, 4.69) is 4.98 Å². The van der Waals surface area contributed by atoms with Crippen LogP contribution in [0.25, 0.3) is 0 Å². The van der Waals surface area contributed by atoms with E-state index < -0.39 is 0 Å². The van der Waals surface area contributed by atoms with Gasteiger partial charge < -0.3 is 14.2 Å². The first kappa shape index (κ1) is 12.7. The summed E-state index contributed by atoms with van der Waals surface area (Å²) in [5.74, 6) is 2.06. The zero-order chi connectivity index (χ0) is 13.7. The molecular formula is C14H12N2O3. The largest absolute Gasteiger partial charge is 0.493 e. The summed E-state index contributed by atoms with van der Waals surface area (Å²) in [4.78, 5) is 3.88. The van der Waals surface area contributed by atoms with E-state index in [4.69, 9.17) is 19.5 Å². The van der Waals surface area contributed by atoms with Crippen molar-refractivity contribution in [3.05, 3.63) is 42.2 Å². The topological polar surface area (TPSA) is 64.4 Å². The third kappa shape index (κ3) is 2.75. The smallest absolute Gasteiger partial charge is 0.210 e. The molecule has 0 saturated carbocycles. The van der Waals surface area contributed by atoms with Crippen molar-refractivity contribution in [2.24, 2.45) is 0 Å². The summed E-state index contributed by atoms with van der Waals surface area (Å²) in [5.41, 5.74) is 0.284. The van der Waals surface area contributed by atoms with Gasteiger partial charge in [0.1, 0.15) is 17.5 Å². The number of para-hydroxylation sites is 1. The zero-order valence-electron chi connectivity index (χ0n) is 10.6. The van der Waals surface area contributed by atoms with Gasteiger partial charge >= 0.3 is 0 Å². The maximum Gasteiger partial charge on any atom is 0.210 e. The van der Waals surface area contributed by atoms with Gasteiger partial charge in [0.15, 0.2) is 11.5 Å². The molecule has 2 rings (SSSR count). The first-order valence-electron chi connectivity index (χ1n) is 5.53. The number of hydrogen-bond acceptors (Lipinski definition) is 5. The normalized spacial score (nSPS) is 9.53. The summed E-state index contributed by atoms with van der Waals surface area (Å²) in [6.45, 7) is 0. The van der Waals surface area contributed by atoms with Gasteiger partial charge in [-0.15, -0.1) is 0 Å². The van der Waals surface area contributed by atoms with Gasteiger partial charge in [-0.3, -0.25) is 0 Å². The Kier molecular flexibility index (Phi) is 3.84. The Balaban J connectivity index is 2.39. The second kappa shape index (κ2) is 5.74. The minimum atomic E-state index is 0.284. The second-order valence-corrected chi connectivity index (χ2v) is 3.58. The van der Waals surface area contributed by atoms with Crippen LogP contribution in [0.3, 0.4) is 0 Å². The van der Waals surface area contributed by atoms with Crippen molar-refractivity contribution in [3.63, 3.8) is 0 Å². The minimum Gasteiger partial charge on any atom is -0.493 e. The summed E-state index contributed by atoms with van der Waals surface area (Å²) in [6, 6.07) is 10.5. The van der Waals surface area contributed by atoms with E-state index in [9.17, 15) is 0 Å². The monoisotopic (exact) mass is 256 g/mol. The molecule has 0 spiro atoms. The van der Waals surface area contributed by atoms with E-state index in [0.29, 0.717) is 23.0 Å². The maximum atomic E-state index is 8.81. The molecule has 0 aliphatic heterocycles. The predicted molar refractivity (Wildman–Crippen MR) is 68.6 cm³/mol. The molecule has 5 heteroatoms. The molecule has 0 unspecified atom stereocenters. The summed E-state index contributed by atoms with van der Waals surface area (Å²) >= 11 is 0. The number of hydrogen-bond donors (Lipinski definition) is 0. The molecule has 1 aromatic heterocycles. The van der Waals surface area contributed by atoms with Crippen LogP contribution in [-0.4, -0.2) is 19.2 Å². The molecule has 0 N–H and O–H groups in total. The van der Waals surface area contributed by atoms with Crippen LogP contribution < -0.4 is 14.2 Å². The first-order chi connectivity index (χ1) is 9.28. The van der Waals surface area contributed by atoms with Gasteiger partial charge in [0.25, 0.3) is 0 Å². The van der Waals surface area contributed by atoms with Crippen molar-refractivity contribution in [2.75, 3.05) is 14.2 Å². The van der Waals surface area contributed by atoms with Crippen LogP contribution in [0.5, 0.6) is 23.0 Å². The summed E-state index contributed by atoms with van der Waals surface area (Å²) in [7, 11) is 3.10. The molecular weight excluding hydrogens is 244 g/mol. The van der Waals surface area contributed by atoms with Crippen LogP contribution in [0, 0.1) is 11.3 Å². The predicted octanol–water partition coefficient (Wildman–Crippen LogP) is 2.76. The van der Waals surface area contributed by atoms with Crippen LogP contribution in [0.2, 0.25) is 0 Å². The number of nitriles is 1. The maximum absolute atomic E-state index is 8.81. The fourth-order valence-corrected chi connectivity index (χ4v) is 1.57. The molecule has 0 aliphatic carbocycles. The average molecular weight is 256 g/mol. The van der Waals surface area contributed by atoms with Crippen LogP contribution >= 0.6 is 0 Å². The van der Waals surface area contributed by atoms with E-state index in [-0.39, 0.29) is 5.69 Å². The zero-order valence-corrected chi connectivity index (χ0v) is 10.6. The number of methoxy groups -OCH3 is 2. The van der Waals surface area contributed by atoms with E-state index in [1.807, 2.05) is 6.07 Å². The molecule has 1 aromatic carbocycles. The van der Waals surface area contributed by atoms with Crippen LogP contribution in [0.1, 0.15) is 5.69 Å². The molecule has 19 heavy (non-hydrogen) atoms. The standard InChI is InChI=1S/C14H12N2O3/c1-17-12-4-3-5-13(18-2)14(12)19-11-6-7-16-10(8-11)9-15/h3-8H,1-2H3. The van der Waals surface area contributed by atoms with Crippen molar-refractivity contribution in [3.8, 4) is 29.1 Å². The Morgan fingerprint density at radius 1 is 1.11 bits per heavy atom. The molecule has 1 heterocycles. The number of pyridine rings is 1. The first-order valence-corrected chi connectivity index (χ1v) is 5.53. The van der Waals surface area contributed by atoms with E-state index in [0.717, 1.165) is 0 Å². The lowest BCUT2D eigenvalue weighted by molar-refractivity contribution is 0.346. The van der Waals surface area contributed by atoms with Gasteiger partial charge in [-0.1, -0.05) is 6.07 Å². The highest BCUT2D eigenvalue weighted by Gasteiger charge is 2.12. The van der Waals surface area contributed by atoms with Crippen molar-refractivity contribution in [1.29, 1.82) is 5.26 Å². The third-order valence-electron chi connectivity index (χ3n) is 2.45. The van der Waals surface area contributed by atoms with E-state index in [1.54, 1.807) is 44.6 Å². The molecule has 5 nitrogen and oxygen atoms in total. The molecule has 0 bridgehead atoms. The lowest BCUT2D eigenvalue weighted by atomic mass is 10.3. The third-order valence-corrected chi connectivity index (χ3v) is 2.45. The number of aromatic nitrogens is 1. The molecule has 96 valence electrons. The van der Waals surface area contributed by atoms with Gasteiger partial charge in [-0.2, -0.15) is 5.26 Å². The Morgan fingerprint density at radius 2 is 1.79 bits per heavy atom. The van der Waals surface area contributed by atoms with Gasteiger partial charge in [-0.05, 0) is 18.2 Å². The van der Waals surface area contributed by atoms with Crippen molar-refractivity contribution in [1.82, 2.24) is 4.98 Å². The molecule has 2 aromatic rings. The highest BCUT2D eigenvalue weighted by Crippen LogP contribution is 2.39. The average Bonchev–Trinajstić information content (AvgIpc) is 2.47. The summed E-state index contributed by atoms with van der Waals surface area (Å²) in [6.07, 6.45) is 1.51. The van der Waals surface area contributed by atoms with Crippen molar-refractivity contribution >= 4 is 0 Å². The Bertz CT molecular complexity index is 598. The molecule has 0 amide bonds. The SMILES string of the molecule is COc1cccc(OC)c1Oc1ccnc(C#N)c1.